The summed E-state index contributed by atoms with van der Waals surface area (Å²) in [6.07, 6.45) is 4.71. The largest absolute Gasteiger partial charge is 0.391 e. The van der Waals surface area contributed by atoms with Crippen molar-refractivity contribution in [3.8, 4) is 0 Å². The smallest absolute Gasteiger partial charge is 0.272 e. The first-order valence-electron chi connectivity index (χ1n) is 5.04. The average Bonchev–Trinajstić information content (AvgIpc) is 2.74. The van der Waals surface area contributed by atoms with Crippen LogP contribution in [0.5, 0.6) is 0 Å². The number of nitrogens with zero attached hydrogens (tertiary/aromatic N) is 2. The number of hydrogen-bond acceptors (Lipinski definition) is 5. The molecule has 0 saturated heterocycles. The lowest BCUT2D eigenvalue weighted by Gasteiger charge is -2.27. The van der Waals surface area contributed by atoms with Gasteiger partial charge in [0.05, 0.1) is 30.1 Å². The van der Waals surface area contributed by atoms with Crippen LogP contribution in [-0.4, -0.2) is 31.9 Å². The molecule has 1 aliphatic rings. The Bertz CT molecular complexity index is 328. The van der Waals surface area contributed by atoms with Gasteiger partial charge in [-0.3, -0.25) is 4.79 Å². The van der Waals surface area contributed by atoms with Gasteiger partial charge in [-0.05, 0) is 12.8 Å². The Morgan fingerprint density at radius 3 is 3.00 bits per heavy atom. The summed E-state index contributed by atoms with van der Waals surface area (Å²) < 4.78 is 7.61. The second kappa shape index (κ2) is 4.67. The second-order valence-corrected chi connectivity index (χ2v) is 4.28. The van der Waals surface area contributed by atoms with E-state index in [-0.39, 0.29) is 11.9 Å². The first-order valence-corrected chi connectivity index (χ1v) is 5.77. The Balaban J connectivity index is 1.93. The van der Waals surface area contributed by atoms with E-state index in [4.69, 9.17) is 0 Å². The lowest BCUT2D eigenvalue weighted by molar-refractivity contribution is 0.0714. The summed E-state index contributed by atoms with van der Waals surface area (Å²) in [4.78, 5) is 11.6. The van der Waals surface area contributed by atoms with Gasteiger partial charge in [0.1, 0.15) is 0 Å². The van der Waals surface area contributed by atoms with Crippen LogP contribution in [0.25, 0.3) is 0 Å². The molecule has 1 aromatic heterocycles. The standard InChI is InChI=1S/C9H13N3O2S/c13-8-4-2-1-3-6(8)11-9(14)7-5-10-15-12-7/h5-6,8,13H,1-4H2,(H,11,14). The van der Waals surface area contributed by atoms with Crippen molar-refractivity contribution >= 4 is 17.6 Å². The van der Waals surface area contributed by atoms with Crippen LogP contribution in [0.2, 0.25) is 0 Å². The van der Waals surface area contributed by atoms with Crippen molar-refractivity contribution in [3.05, 3.63) is 11.9 Å². The molecule has 1 aliphatic carbocycles. The van der Waals surface area contributed by atoms with E-state index in [9.17, 15) is 9.90 Å². The van der Waals surface area contributed by atoms with Gasteiger partial charge in [0.2, 0.25) is 0 Å². The number of rotatable bonds is 2. The van der Waals surface area contributed by atoms with Gasteiger partial charge >= 0.3 is 0 Å². The van der Waals surface area contributed by atoms with Crippen LogP contribution in [0.1, 0.15) is 36.2 Å². The number of carbonyl (C=O) groups is 1. The number of nitrogens with one attached hydrogen (secondary N) is 1. The van der Waals surface area contributed by atoms with Gasteiger partial charge in [0, 0.05) is 0 Å². The van der Waals surface area contributed by atoms with E-state index < -0.39 is 6.10 Å². The Labute approximate surface area is 91.8 Å². The maximum absolute atomic E-state index is 11.6. The van der Waals surface area contributed by atoms with E-state index in [1.807, 2.05) is 0 Å². The number of aliphatic hydroxyl groups excluding tert-OH is 1. The molecule has 1 aromatic rings. The minimum absolute atomic E-state index is 0.132. The maximum atomic E-state index is 11.6. The molecule has 2 atom stereocenters. The van der Waals surface area contributed by atoms with Crippen LogP contribution in [0.15, 0.2) is 6.20 Å². The number of carbonyl (C=O) groups excluding carboxylic acids is 1. The van der Waals surface area contributed by atoms with E-state index in [1.54, 1.807) is 0 Å². The summed E-state index contributed by atoms with van der Waals surface area (Å²) in [5, 5.41) is 12.5. The lowest BCUT2D eigenvalue weighted by atomic mass is 9.92. The maximum Gasteiger partial charge on any atom is 0.272 e. The first kappa shape index (κ1) is 10.5. The van der Waals surface area contributed by atoms with Crippen LogP contribution in [0.3, 0.4) is 0 Å². The molecule has 1 heterocycles. The Hall–Kier alpha value is -1.01. The van der Waals surface area contributed by atoms with Crippen molar-refractivity contribution < 1.29 is 9.90 Å². The van der Waals surface area contributed by atoms with Gasteiger partial charge in [-0.1, -0.05) is 12.8 Å². The van der Waals surface area contributed by atoms with Crippen molar-refractivity contribution in [1.29, 1.82) is 0 Å². The molecule has 2 N–H and O–H groups in total. The topological polar surface area (TPSA) is 75.1 Å². The molecule has 5 nitrogen and oxygen atoms in total. The molecule has 0 aliphatic heterocycles. The highest BCUT2D eigenvalue weighted by Crippen LogP contribution is 2.18. The molecule has 0 spiro atoms. The van der Waals surface area contributed by atoms with Gasteiger partial charge < -0.3 is 10.4 Å². The lowest BCUT2D eigenvalue weighted by Crippen LogP contribution is -2.45. The van der Waals surface area contributed by atoms with E-state index in [0.717, 1.165) is 37.4 Å². The van der Waals surface area contributed by atoms with Crippen molar-refractivity contribution in [3.63, 3.8) is 0 Å². The third-order valence-corrected chi connectivity index (χ3v) is 3.12. The molecule has 0 bridgehead atoms. The summed E-state index contributed by atoms with van der Waals surface area (Å²) in [6, 6.07) is -0.132. The zero-order valence-electron chi connectivity index (χ0n) is 8.22. The molecule has 6 heteroatoms. The fourth-order valence-corrected chi connectivity index (χ4v) is 2.20. The summed E-state index contributed by atoms with van der Waals surface area (Å²) in [7, 11) is 0. The van der Waals surface area contributed by atoms with Crippen molar-refractivity contribution in [1.82, 2.24) is 14.1 Å². The number of aromatic nitrogens is 2. The van der Waals surface area contributed by atoms with Crippen molar-refractivity contribution in [2.24, 2.45) is 0 Å². The normalized spacial score (nSPS) is 26.2. The van der Waals surface area contributed by atoms with E-state index in [1.165, 1.54) is 6.20 Å². The van der Waals surface area contributed by atoms with Gasteiger partial charge in [0.25, 0.3) is 5.91 Å². The number of aliphatic hydroxyl groups is 1. The quantitative estimate of drug-likeness (QED) is 0.774. The molecule has 1 fully saturated rings. The van der Waals surface area contributed by atoms with Gasteiger partial charge in [0.15, 0.2) is 5.69 Å². The Morgan fingerprint density at radius 1 is 1.53 bits per heavy atom. The zero-order chi connectivity index (χ0) is 10.7. The predicted octanol–water partition coefficient (Wildman–Crippen LogP) is 0.571. The van der Waals surface area contributed by atoms with Crippen LogP contribution < -0.4 is 5.32 Å². The van der Waals surface area contributed by atoms with E-state index in [0.29, 0.717) is 5.69 Å². The first-order chi connectivity index (χ1) is 7.27. The summed E-state index contributed by atoms with van der Waals surface area (Å²) >= 11 is 1.01. The van der Waals surface area contributed by atoms with Gasteiger partial charge in [-0.25, -0.2) is 0 Å². The van der Waals surface area contributed by atoms with Crippen LogP contribution >= 0.6 is 11.7 Å². The predicted molar refractivity (Wildman–Crippen MR) is 55.6 cm³/mol. The highest BCUT2D eigenvalue weighted by Gasteiger charge is 2.25. The highest BCUT2D eigenvalue weighted by atomic mass is 32.1. The molecule has 0 aromatic carbocycles. The van der Waals surface area contributed by atoms with Crippen LogP contribution in [-0.2, 0) is 0 Å². The monoisotopic (exact) mass is 227 g/mol. The molecule has 1 amide bonds. The minimum atomic E-state index is -0.422. The third-order valence-electron chi connectivity index (χ3n) is 2.64. The van der Waals surface area contributed by atoms with Crippen LogP contribution in [0.4, 0.5) is 0 Å². The third kappa shape index (κ3) is 2.51. The molecule has 2 rings (SSSR count). The van der Waals surface area contributed by atoms with E-state index in [2.05, 4.69) is 14.1 Å². The van der Waals surface area contributed by atoms with Gasteiger partial charge in [-0.15, -0.1) is 0 Å². The summed E-state index contributed by atoms with van der Waals surface area (Å²) in [5.41, 5.74) is 0.331. The molecule has 1 saturated carbocycles. The van der Waals surface area contributed by atoms with Crippen molar-refractivity contribution in [2.45, 2.75) is 37.8 Å². The zero-order valence-corrected chi connectivity index (χ0v) is 9.04. The molecular formula is C9H13N3O2S. The number of hydrogen-bond donors (Lipinski definition) is 2. The summed E-state index contributed by atoms with van der Waals surface area (Å²) in [6.45, 7) is 0. The SMILES string of the molecule is O=C(NC1CCCCC1O)c1cnsn1. The fourth-order valence-electron chi connectivity index (χ4n) is 1.79. The molecule has 2 unspecified atom stereocenters. The minimum Gasteiger partial charge on any atom is -0.391 e. The molecule has 82 valence electrons. The Morgan fingerprint density at radius 2 is 2.33 bits per heavy atom. The molecule has 0 radical (unpaired) electrons. The number of amides is 1. The van der Waals surface area contributed by atoms with Crippen molar-refractivity contribution in [2.75, 3.05) is 0 Å². The summed E-state index contributed by atoms with van der Waals surface area (Å²) in [5.74, 6) is -0.241. The molecule has 15 heavy (non-hydrogen) atoms. The second-order valence-electron chi connectivity index (χ2n) is 3.72. The average molecular weight is 227 g/mol. The molecular weight excluding hydrogens is 214 g/mol. The fraction of sp³-hybridized carbons (Fsp3) is 0.667. The van der Waals surface area contributed by atoms with E-state index >= 15 is 0 Å². The van der Waals surface area contributed by atoms with Gasteiger partial charge in [-0.2, -0.15) is 8.75 Å². The Kier molecular flexibility index (Phi) is 3.27. The highest BCUT2D eigenvalue weighted by molar-refractivity contribution is 6.99. The van der Waals surface area contributed by atoms with Crippen LogP contribution in [0, 0.1) is 0 Å².